The van der Waals surface area contributed by atoms with Gasteiger partial charge in [0.05, 0.1) is 25.7 Å². The molecule has 0 saturated carbocycles. The maximum Gasteiger partial charge on any atom is 0.414 e. The minimum absolute atomic E-state index is 0.0355. The lowest BCUT2D eigenvalue weighted by molar-refractivity contribution is -0.159. The first-order chi connectivity index (χ1) is 17.9. The number of benzene rings is 2. The number of nitrogens with zero attached hydrogens (tertiary/aromatic N) is 1. The van der Waals surface area contributed by atoms with Crippen molar-refractivity contribution in [3.63, 3.8) is 0 Å². The fraction of sp³-hybridized carbons (Fsp3) is 0.464. The van der Waals surface area contributed by atoms with Gasteiger partial charge >= 0.3 is 17.9 Å². The second-order valence-corrected chi connectivity index (χ2v) is 9.04. The molecule has 0 amide bonds. The minimum atomic E-state index is -1.82. The molecular weight excluding hydrogens is 478 g/mol. The second-order valence-electron chi connectivity index (χ2n) is 9.04. The van der Waals surface area contributed by atoms with Crippen LogP contribution in [0.25, 0.3) is 0 Å². The third-order valence-corrected chi connectivity index (χ3v) is 6.35. The van der Waals surface area contributed by atoms with Crippen LogP contribution >= 0.6 is 0 Å². The van der Waals surface area contributed by atoms with Gasteiger partial charge in [-0.05, 0) is 24.0 Å². The first-order valence-corrected chi connectivity index (χ1v) is 12.6. The molecule has 2 saturated heterocycles. The Morgan fingerprint density at radius 2 is 1.32 bits per heavy atom. The van der Waals surface area contributed by atoms with E-state index in [1.807, 2.05) is 12.1 Å². The van der Waals surface area contributed by atoms with Crippen LogP contribution in [-0.2, 0) is 28.6 Å². The van der Waals surface area contributed by atoms with E-state index >= 15 is 0 Å². The summed E-state index contributed by atoms with van der Waals surface area (Å²) in [6.07, 6.45) is 4.25. The van der Waals surface area contributed by atoms with E-state index in [1.165, 1.54) is 11.1 Å². The van der Waals surface area contributed by atoms with Crippen LogP contribution in [0.2, 0.25) is 0 Å². The van der Waals surface area contributed by atoms with Crippen molar-refractivity contribution in [2.45, 2.75) is 50.4 Å². The van der Waals surface area contributed by atoms with E-state index < -0.39 is 11.9 Å². The van der Waals surface area contributed by atoms with Crippen LogP contribution < -0.4 is 0 Å². The summed E-state index contributed by atoms with van der Waals surface area (Å²) in [5.74, 6) is -3.73. The molecule has 9 nitrogen and oxygen atoms in total. The summed E-state index contributed by atoms with van der Waals surface area (Å²) in [7, 11) is 0. The highest BCUT2D eigenvalue weighted by Gasteiger charge is 2.25. The van der Waals surface area contributed by atoms with Gasteiger partial charge in [-0.1, -0.05) is 60.7 Å². The molecule has 0 spiro atoms. The average Bonchev–Trinajstić information content (AvgIpc) is 2.93. The van der Waals surface area contributed by atoms with E-state index in [-0.39, 0.29) is 24.3 Å². The molecule has 9 heteroatoms. The molecule has 0 atom stereocenters. The topological polar surface area (TPSA) is 123 Å². The molecule has 2 fully saturated rings. The summed E-state index contributed by atoms with van der Waals surface area (Å²) < 4.78 is 17.5. The Hall–Kier alpha value is -3.27. The zero-order chi connectivity index (χ0) is 26.5. The van der Waals surface area contributed by atoms with Crippen molar-refractivity contribution in [3.8, 4) is 0 Å². The molecule has 2 N–H and O–H groups in total. The van der Waals surface area contributed by atoms with Gasteiger partial charge in [0.25, 0.3) is 0 Å². The molecule has 0 aliphatic carbocycles. The normalized spacial score (nSPS) is 17.0. The lowest BCUT2D eigenvalue weighted by Crippen LogP contribution is -2.39. The molecule has 200 valence electrons. The van der Waals surface area contributed by atoms with E-state index in [0.29, 0.717) is 19.6 Å². The number of carbonyl (C=O) groups excluding carboxylic acids is 1. The van der Waals surface area contributed by atoms with Crippen molar-refractivity contribution in [1.82, 2.24) is 4.90 Å². The highest BCUT2D eigenvalue weighted by atomic mass is 16.6. The van der Waals surface area contributed by atoms with Gasteiger partial charge in [0.2, 0.25) is 0 Å². The molecule has 2 aromatic carbocycles. The molecule has 2 heterocycles. The fourth-order valence-corrected chi connectivity index (χ4v) is 4.35. The van der Waals surface area contributed by atoms with E-state index in [9.17, 15) is 4.79 Å². The van der Waals surface area contributed by atoms with Gasteiger partial charge in [0.15, 0.2) is 0 Å². The Kier molecular flexibility index (Phi) is 11.5. The molecule has 37 heavy (non-hydrogen) atoms. The number of esters is 1. The first kappa shape index (κ1) is 28.3. The Labute approximate surface area is 216 Å². The highest BCUT2D eigenvalue weighted by molar-refractivity contribution is 6.27. The number of aliphatic carboxylic acids is 2. The summed E-state index contributed by atoms with van der Waals surface area (Å²) in [5, 5.41) is 14.8. The summed E-state index contributed by atoms with van der Waals surface area (Å²) in [5.41, 5.74) is 2.37. The number of rotatable bonds is 8. The molecule has 0 unspecified atom stereocenters. The van der Waals surface area contributed by atoms with Gasteiger partial charge in [-0.25, -0.2) is 9.59 Å². The molecule has 2 aliphatic rings. The van der Waals surface area contributed by atoms with Crippen molar-refractivity contribution >= 4 is 17.9 Å². The number of likely N-dealkylation sites (tertiary alicyclic amines) is 1. The predicted molar refractivity (Wildman–Crippen MR) is 135 cm³/mol. The largest absolute Gasteiger partial charge is 0.473 e. The van der Waals surface area contributed by atoms with Crippen LogP contribution in [0.5, 0.6) is 0 Å². The third-order valence-electron chi connectivity index (χ3n) is 6.35. The highest BCUT2D eigenvalue weighted by Crippen LogP contribution is 2.30. The molecule has 2 aliphatic heterocycles. The predicted octanol–water partition coefficient (Wildman–Crippen LogP) is 3.52. The zero-order valence-electron chi connectivity index (χ0n) is 20.9. The summed E-state index contributed by atoms with van der Waals surface area (Å²) in [6.45, 7) is 4.05. The van der Waals surface area contributed by atoms with E-state index in [0.717, 1.165) is 45.3 Å². The van der Waals surface area contributed by atoms with Crippen molar-refractivity contribution < 1.29 is 38.8 Å². The van der Waals surface area contributed by atoms with Crippen LogP contribution in [-0.4, -0.2) is 78.1 Å². The molecule has 2 aromatic rings. The average molecular weight is 514 g/mol. The summed E-state index contributed by atoms with van der Waals surface area (Å²) in [4.78, 5) is 32.7. The molecular formula is C28H35NO8. The number of carboxylic acid groups (broad SMARTS) is 2. The number of carbonyl (C=O) groups is 3. The van der Waals surface area contributed by atoms with Crippen molar-refractivity contribution in [3.05, 3.63) is 71.8 Å². The van der Waals surface area contributed by atoms with Crippen LogP contribution in [0.4, 0.5) is 0 Å². The van der Waals surface area contributed by atoms with Gasteiger partial charge in [0.1, 0.15) is 12.2 Å². The maximum absolute atomic E-state index is 12.2. The van der Waals surface area contributed by atoms with Crippen LogP contribution in [0.15, 0.2) is 60.7 Å². The first-order valence-electron chi connectivity index (χ1n) is 12.6. The van der Waals surface area contributed by atoms with Crippen molar-refractivity contribution in [2.24, 2.45) is 0 Å². The van der Waals surface area contributed by atoms with Gasteiger partial charge in [-0.3, -0.25) is 4.79 Å². The van der Waals surface area contributed by atoms with Gasteiger partial charge < -0.3 is 29.3 Å². The standard InChI is InChI=1S/C26H33NO4.C2H2O4/c28-25(30-24-14-19-29-20-15-24)13-18-27-16-11-23(12-17-27)31-26(21-7-3-1-4-8-21)22-9-5-2-6-10-22;3-1(4)2(5)6/h1-10,23-24,26H,11-20H2;(H,3,4)(H,5,6). The van der Waals surface area contributed by atoms with Gasteiger partial charge in [-0.2, -0.15) is 0 Å². The Morgan fingerprint density at radius 1 is 0.811 bits per heavy atom. The van der Waals surface area contributed by atoms with Crippen LogP contribution in [0.3, 0.4) is 0 Å². The number of carboxylic acids is 2. The molecule has 0 radical (unpaired) electrons. The summed E-state index contributed by atoms with van der Waals surface area (Å²) >= 11 is 0. The monoisotopic (exact) mass is 513 g/mol. The second kappa shape index (κ2) is 15.1. The van der Waals surface area contributed by atoms with Crippen LogP contribution in [0, 0.1) is 0 Å². The number of hydrogen-bond acceptors (Lipinski definition) is 7. The van der Waals surface area contributed by atoms with Crippen molar-refractivity contribution in [1.29, 1.82) is 0 Å². The van der Waals surface area contributed by atoms with E-state index in [1.54, 1.807) is 0 Å². The lowest BCUT2D eigenvalue weighted by Gasteiger charge is -2.34. The number of piperidine rings is 1. The van der Waals surface area contributed by atoms with Crippen molar-refractivity contribution in [2.75, 3.05) is 32.8 Å². The Morgan fingerprint density at radius 3 is 1.81 bits per heavy atom. The fourth-order valence-electron chi connectivity index (χ4n) is 4.35. The minimum Gasteiger partial charge on any atom is -0.473 e. The molecule has 0 bridgehead atoms. The molecule has 0 aromatic heterocycles. The Bertz CT molecular complexity index is 919. The maximum atomic E-state index is 12.2. The van der Waals surface area contributed by atoms with E-state index in [2.05, 4.69) is 53.4 Å². The van der Waals surface area contributed by atoms with Gasteiger partial charge in [-0.15, -0.1) is 0 Å². The van der Waals surface area contributed by atoms with Crippen LogP contribution in [0.1, 0.15) is 49.3 Å². The zero-order valence-corrected chi connectivity index (χ0v) is 20.9. The smallest absolute Gasteiger partial charge is 0.414 e. The number of hydrogen-bond donors (Lipinski definition) is 2. The quantitative estimate of drug-likeness (QED) is 0.403. The molecule has 4 rings (SSSR count). The SMILES string of the molecule is O=C(CCN1CCC(OC(c2ccccc2)c2ccccc2)CC1)OC1CCOCC1.O=C(O)C(=O)O. The third kappa shape index (κ3) is 9.95. The van der Waals surface area contributed by atoms with Gasteiger partial charge in [0, 0.05) is 32.5 Å². The van der Waals surface area contributed by atoms with E-state index in [4.69, 9.17) is 34.0 Å². The Balaban J connectivity index is 0.000000568. The lowest BCUT2D eigenvalue weighted by atomic mass is 10.00. The summed E-state index contributed by atoms with van der Waals surface area (Å²) in [6, 6.07) is 20.9. The number of ether oxygens (including phenoxy) is 3.